The van der Waals surface area contributed by atoms with E-state index in [1.54, 1.807) is 7.11 Å². The smallest absolute Gasteiger partial charge is 0.0727 e. The molecule has 2 atom stereocenters. The molecule has 126 valence electrons. The Morgan fingerprint density at radius 1 is 0.762 bits per heavy atom. The standard InChI is InChI=1S/C17H35NO3/c1-19-12-13-20-14-15-21-17-11-9-7-5-3-2-4-6-8-10-16(17)18/h16-17H,2-15,18H2,1H3. The Morgan fingerprint density at radius 3 is 2.00 bits per heavy atom. The van der Waals surface area contributed by atoms with E-state index in [1.165, 1.54) is 51.4 Å². The summed E-state index contributed by atoms with van der Waals surface area (Å²) in [6, 6.07) is 0.184. The Hall–Kier alpha value is -0.160. The van der Waals surface area contributed by atoms with Gasteiger partial charge in [0.05, 0.1) is 32.5 Å². The van der Waals surface area contributed by atoms with Gasteiger partial charge >= 0.3 is 0 Å². The van der Waals surface area contributed by atoms with Crippen LogP contribution in [0, 0.1) is 0 Å². The van der Waals surface area contributed by atoms with E-state index in [9.17, 15) is 0 Å². The topological polar surface area (TPSA) is 53.7 Å². The van der Waals surface area contributed by atoms with Crippen molar-refractivity contribution in [2.24, 2.45) is 5.73 Å². The van der Waals surface area contributed by atoms with E-state index in [2.05, 4.69) is 0 Å². The van der Waals surface area contributed by atoms with E-state index in [1.807, 2.05) is 0 Å². The lowest BCUT2D eigenvalue weighted by Gasteiger charge is -2.25. The van der Waals surface area contributed by atoms with Crippen molar-refractivity contribution < 1.29 is 14.2 Å². The van der Waals surface area contributed by atoms with Crippen molar-refractivity contribution in [1.29, 1.82) is 0 Å². The maximum Gasteiger partial charge on any atom is 0.0727 e. The van der Waals surface area contributed by atoms with Crippen LogP contribution in [0.2, 0.25) is 0 Å². The Kier molecular flexibility index (Phi) is 12.1. The maximum absolute atomic E-state index is 6.34. The lowest BCUT2D eigenvalue weighted by Crippen LogP contribution is -2.37. The molecule has 1 rings (SSSR count). The van der Waals surface area contributed by atoms with Crippen LogP contribution in [0.15, 0.2) is 0 Å². The fourth-order valence-electron chi connectivity index (χ4n) is 2.90. The van der Waals surface area contributed by atoms with Gasteiger partial charge in [-0.05, 0) is 12.8 Å². The summed E-state index contributed by atoms with van der Waals surface area (Å²) in [5.74, 6) is 0. The van der Waals surface area contributed by atoms with Crippen LogP contribution < -0.4 is 5.73 Å². The summed E-state index contributed by atoms with van der Waals surface area (Å²) >= 11 is 0. The number of rotatable bonds is 7. The molecule has 2 unspecified atom stereocenters. The van der Waals surface area contributed by atoms with E-state index in [0.717, 1.165) is 12.8 Å². The highest BCUT2D eigenvalue weighted by Gasteiger charge is 2.18. The van der Waals surface area contributed by atoms with Crippen LogP contribution >= 0.6 is 0 Å². The van der Waals surface area contributed by atoms with Crippen molar-refractivity contribution in [3.63, 3.8) is 0 Å². The van der Waals surface area contributed by atoms with Gasteiger partial charge in [-0.15, -0.1) is 0 Å². The highest BCUT2D eigenvalue weighted by molar-refractivity contribution is 4.74. The Bertz CT molecular complexity index is 226. The van der Waals surface area contributed by atoms with Gasteiger partial charge < -0.3 is 19.9 Å². The van der Waals surface area contributed by atoms with Crippen LogP contribution in [0.25, 0.3) is 0 Å². The third-order valence-electron chi connectivity index (χ3n) is 4.25. The minimum absolute atomic E-state index is 0.184. The fraction of sp³-hybridized carbons (Fsp3) is 1.00. The predicted octanol–water partition coefficient (Wildman–Crippen LogP) is 3.28. The minimum atomic E-state index is 0.184. The zero-order valence-corrected chi connectivity index (χ0v) is 13.9. The molecular formula is C17H35NO3. The lowest BCUT2D eigenvalue weighted by atomic mass is 9.96. The highest BCUT2D eigenvalue weighted by Crippen LogP contribution is 2.18. The fourth-order valence-corrected chi connectivity index (χ4v) is 2.90. The molecule has 1 saturated carbocycles. The molecule has 0 spiro atoms. The van der Waals surface area contributed by atoms with Crippen molar-refractivity contribution in [2.45, 2.75) is 76.4 Å². The summed E-state index contributed by atoms with van der Waals surface area (Å²) < 4.78 is 16.4. The summed E-state index contributed by atoms with van der Waals surface area (Å²) in [6.45, 7) is 2.55. The van der Waals surface area contributed by atoms with Crippen molar-refractivity contribution in [2.75, 3.05) is 33.5 Å². The largest absolute Gasteiger partial charge is 0.382 e. The summed E-state index contributed by atoms with van der Waals surface area (Å²) in [4.78, 5) is 0. The van der Waals surface area contributed by atoms with Gasteiger partial charge in [0, 0.05) is 13.2 Å². The van der Waals surface area contributed by atoms with Gasteiger partial charge in [-0.1, -0.05) is 51.4 Å². The summed E-state index contributed by atoms with van der Waals surface area (Å²) in [5, 5.41) is 0. The van der Waals surface area contributed by atoms with Crippen molar-refractivity contribution in [3.05, 3.63) is 0 Å². The maximum atomic E-state index is 6.34. The first-order chi connectivity index (χ1) is 10.3. The predicted molar refractivity (Wildman–Crippen MR) is 86.6 cm³/mol. The van der Waals surface area contributed by atoms with Crippen LogP contribution in [0.1, 0.15) is 64.2 Å². The Morgan fingerprint density at radius 2 is 1.33 bits per heavy atom. The second-order valence-corrected chi connectivity index (χ2v) is 6.08. The first-order valence-corrected chi connectivity index (χ1v) is 8.78. The van der Waals surface area contributed by atoms with Crippen molar-refractivity contribution in [1.82, 2.24) is 0 Å². The van der Waals surface area contributed by atoms with Gasteiger partial charge in [0.1, 0.15) is 0 Å². The molecule has 1 aliphatic carbocycles. The van der Waals surface area contributed by atoms with Crippen molar-refractivity contribution >= 4 is 0 Å². The number of hydrogen-bond acceptors (Lipinski definition) is 4. The van der Waals surface area contributed by atoms with E-state index in [4.69, 9.17) is 19.9 Å². The molecule has 1 aliphatic rings. The second-order valence-electron chi connectivity index (χ2n) is 6.08. The van der Waals surface area contributed by atoms with E-state index < -0.39 is 0 Å². The molecule has 0 bridgehead atoms. The van der Waals surface area contributed by atoms with Crippen LogP contribution in [0.5, 0.6) is 0 Å². The SMILES string of the molecule is COCCOCCOC1CCCCCCCCCCC1N. The molecule has 0 heterocycles. The number of methoxy groups -OCH3 is 1. The third kappa shape index (κ3) is 10.2. The molecule has 0 aromatic heterocycles. The Balaban J connectivity index is 2.21. The molecule has 2 N–H and O–H groups in total. The van der Waals surface area contributed by atoms with Crippen LogP contribution in [-0.4, -0.2) is 45.7 Å². The minimum Gasteiger partial charge on any atom is -0.382 e. The molecule has 0 aromatic rings. The highest BCUT2D eigenvalue weighted by atomic mass is 16.5. The number of hydrogen-bond donors (Lipinski definition) is 1. The van der Waals surface area contributed by atoms with Crippen LogP contribution in [-0.2, 0) is 14.2 Å². The average molecular weight is 301 g/mol. The van der Waals surface area contributed by atoms with Crippen LogP contribution in [0.3, 0.4) is 0 Å². The van der Waals surface area contributed by atoms with Gasteiger partial charge in [-0.3, -0.25) is 0 Å². The van der Waals surface area contributed by atoms with E-state index in [-0.39, 0.29) is 12.1 Å². The number of nitrogens with two attached hydrogens (primary N) is 1. The van der Waals surface area contributed by atoms with Gasteiger partial charge in [-0.25, -0.2) is 0 Å². The second kappa shape index (κ2) is 13.5. The molecule has 1 fully saturated rings. The normalized spacial score (nSPS) is 26.0. The molecule has 0 radical (unpaired) electrons. The molecule has 4 nitrogen and oxygen atoms in total. The monoisotopic (exact) mass is 301 g/mol. The molecule has 0 aliphatic heterocycles. The van der Waals surface area contributed by atoms with Crippen LogP contribution in [0.4, 0.5) is 0 Å². The molecule has 4 heteroatoms. The van der Waals surface area contributed by atoms with Gasteiger partial charge in [0.25, 0.3) is 0 Å². The van der Waals surface area contributed by atoms with E-state index >= 15 is 0 Å². The molecular weight excluding hydrogens is 266 g/mol. The van der Waals surface area contributed by atoms with E-state index in [0.29, 0.717) is 26.4 Å². The summed E-state index contributed by atoms with van der Waals surface area (Å²) in [5.41, 5.74) is 6.34. The quantitative estimate of drug-likeness (QED) is 0.733. The molecule has 0 aromatic carbocycles. The van der Waals surface area contributed by atoms with Gasteiger partial charge in [0.15, 0.2) is 0 Å². The Labute approximate surface area is 130 Å². The first kappa shape index (κ1) is 18.9. The molecule has 0 amide bonds. The molecule has 21 heavy (non-hydrogen) atoms. The summed E-state index contributed by atoms with van der Waals surface area (Å²) in [7, 11) is 1.68. The lowest BCUT2D eigenvalue weighted by molar-refractivity contribution is -0.0199. The zero-order valence-electron chi connectivity index (χ0n) is 13.9. The third-order valence-corrected chi connectivity index (χ3v) is 4.25. The van der Waals surface area contributed by atoms with Gasteiger partial charge in [0.2, 0.25) is 0 Å². The van der Waals surface area contributed by atoms with Crippen molar-refractivity contribution in [3.8, 4) is 0 Å². The van der Waals surface area contributed by atoms with Gasteiger partial charge in [-0.2, -0.15) is 0 Å². The number of ether oxygens (including phenoxy) is 3. The zero-order chi connectivity index (χ0) is 15.2. The summed E-state index contributed by atoms with van der Waals surface area (Å²) in [6.07, 6.45) is 13.0. The molecule has 0 saturated heterocycles. The first-order valence-electron chi connectivity index (χ1n) is 8.78. The average Bonchev–Trinajstić information content (AvgIpc) is 2.48.